The second-order valence-corrected chi connectivity index (χ2v) is 6.25. The van der Waals surface area contributed by atoms with Crippen LogP contribution in [0.5, 0.6) is 0 Å². The van der Waals surface area contributed by atoms with Gasteiger partial charge in [0.15, 0.2) is 5.96 Å². The van der Waals surface area contributed by atoms with Crippen LogP contribution in [0.15, 0.2) is 53.5 Å². The molecule has 5 heteroatoms. The van der Waals surface area contributed by atoms with Crippen molar-refractivity contribution in [2.45, 2.75) is 25.9 Å². The Morgan fingerprint density at radius 3 is 2.48 bits per heavy atom. The van der Waals surface area contributed by atoms with Crippen LogP contribution in [0.4, 0.5) is 5.69 Å². The van der Waals surface area contributed by atoms with Gasteiger partial charge < -0.3 is 15.5 Å². The maximum Gasteiger partial charge on any atom is 0.191 e. The fraction of sp³-hybridized carbons (Fsp3) is 0.350. The van der Waals surface area contributed by atoms with Crippen LogP contribution in [-0.4, -0.2) is 26.6 Å². The second kappa shape index (κ2) is 9.65. The highest BCUT2D eigenvalue weighted by molar-refractivity contribution is 14.0. The number of guanidine groups is 1. The molecule has 4 nitrogen and oxygen atoms in total. The second-order valence-electron chi connectivity index (χ2n) is 6.25. The summed E-state index contributed by atoms with van der Waals surface area (Å²) in [5.74, 6) is 0.827. The van der Waals surface area contributed by atoms with E-state index in [1.165, 1.54) is 35.2 Å². The number of hydrogen-bond acceptors (Lipinski definition) is 2. The predicted octanol–water partition coefficient (Wildman–Crippen LogP) is 3.55. The van der Waals surface area contributed by atoms with E-state index in [1.54, 1.807) is 0 Å². The van der Waals surface area contributed by atoms with Crippen molar-refractivity contribution in [2.75, 3.05) is 25.5 Å². The maximum absolute atomic E-state index is 4.30. The Labute approximate surface area is 167 Å². The SMILES string of the molecule is CN=C(NCc1ccccc1)NCc1ccc2c(c1)CCCN2C.I. The molecule has 0 fully saturated rings. The lowest BCUT2D eigenvalue weighted by Crippen LogP contribution is -2.36. The van der Waals surface area contributed by atoms with E-state index in [0.717, 1.165) is 25.6 Å². The average Bonchev–Trinajstić information content (AvgIpc) is 2.63. The number of hydrogen-bond donors (Lipinski definition) is 2. The molecule has 25 heavy (non-hydrogen) atoms. The zero-order valence-electron chi connectivity index (χ0n) is 15.0. The minimum Gasteiger partial charge on any atom is -0.374 e. The third kappa shape index (κ3) is 5.36. The molecule has 2 N–H and O–H groups in total. The van der Waals surface area contributed by atoms with Gasteiger partial charge in [0.25, 0.3) is 0 Å². The standard InChI is InChI=1S/C20H26N4.HI/c1-21-20(22-14-16-7-4-3-5-8-16)23-15-17-10-11-19-18(13-17)9-6-12-24(19)2;/h3-5,7-8,10-11,13H,6,9,12,14-15H2,1-2H3,(H2,21,22,23);1H. The molecule has 0 spiro atoms. The van der Waals surface area contributed by atoms with Crippen LogP contribution in [0.3, 0.4) is 0 Å². The summed E-state index contributed by atoms with van der Waals surface area (Å²) in [6, 6.07) is 17.1. The van der Waals surface area contributed by atoms with Crippen molar-refractivity contribution in [1.29, 1.82) is 0 Å². The van der Waals surface area contributed by atoms with Crippen molar-refractivity contribution in [3.8, 4) is 0 Å². The van der Waals surface area contributed by atoms with Gasteiger partial charge in [0.1, 0.15) is 0 Å². The van der Waals surface area contributed by atoms with E-state index in [0.29, 0.717) is 0 Å². The maximum atomic E-state index is 4.30. The van der Waals surface area contributed by atoms with E-state index in [4.69, 9.17) is 0 Å². The number of fused-ring (bicyclic) bond motifs is 1. The molecule has 2 aromatic carbocycles. The van der Waals surface area contributed by atoms with Gasteiger partial charge in [0.2, 0.25) is 0 Å². The van der Waals surface area contributed by atoms with Crippen LogP contribution in [0.2, 0.25) is 0 Å². The minimum atomic E-state index is 0. The summed E-state index contributed by atoms with van der Waals surface area (Å²) < 4.78 is 0. The summed E-state index contributed by atoms with van der Waals surface area (Å²) in [6.45, 7) is 2.71. The summed E-state index contributed by atoms with van der Waals surface area (Å²) >= 11 is 0. The zero-order chi connectivity index (χ0) is 16.8. The summed E-state index contributed by atoms with van der Waals surface area (Å²) in [7, 11) is 3.98. The highest BCUT2D eigenvalue weighted by atomic mass is 127. The molecule has 0 saturated carbocycles. The molecule has 2 aromatic rings. The predicted molar refractivity (Wildman–Crippen MR) is 117 cm³/mol. The molecule has 134 valence electrons. The Hall–Kier alpha value is -1.76. The number of aliphatic imine (C=N–C) groups is 1. The van der Waals surface area contributed by atoms with E-state index >= 15 is 0 Å². The third-order valence-electron chi connectivity index (χ3n) is 4.48. The molecular weight excluding hydrogens is 423 g/mol. The highest BCUT2D eigenvalue weighted by Crippen LogP contribution is 2.26. The lowest BCUT2D eigenvalue weighted by molar-refractivity contribution is 0.740. The van der Waals surface area contributed by atoms with Crippen molar-refractivity contribution in [1.82, 2.24) is 10.6 Å². The van der Waals surface area contributed by atoms with Crippen LogP contribution >= 0.6 is 24.0 Å². The fourth-order valence-corrected chi connectivity index (χ4v) is 3.14. The van der Waals surface area contributed by atoms with Crippen molar-refractivity contribution in [3.63, 3.8) is 0 Å². The van der Waals surface area contributed by atoms with E-state index in [2.05, 4.69) is 70.0 Å². The number of nitrogens with zero attached hydrogens (tertiary/aromatic N) is 2. The number of anilines is 1. The third-order valence-corrected chi connectivity index (χ3v) is 4.48. The van der Waals surface area contributed by atoms with E-state index in [-0.39, 0.29) is 24.0 Å². The van der Waals surface area contributed by atoms with Crippen molar-refractivity contribution >= 4 is 35.6 Å². The molecule has 1 aliphatic heterocycles. The van der Waals surface area contributed by atoms with Gasteiger partial charge in [-0.25, -0.2) is 0 Å². The van der Waals surface area contributed by atoms with Gasteiger partial charge in [-0.1, -0.05) is 42.5 Å². The van der Waals surface area contributed by atoms with Gasteiger partial charge in [-0.3, -0.25) is 4.99 Å². The molecule has 0 aromatic heterocycles. The molecular formula is C20H27IN4. The molecule has 3 rings (SSSR count). The molecule has 0 amide bonds. The topological polar surface area (TPSA) is 39.7 Å². The summed E-state index contributed by atoms with van der Waals surface area (Å²) in [5.41, 5.74) is 5.37. The van der Waals surface area contributed by atoms with Crippen LogP contribution < -0.4 is 15.5 Å². The normalized spacial score (nSPS) is 13.7. The Morgan fingerprint density at radius 2 is 1.76 bits per heavy atom. The molecule has 0 saturated heterocycles. The van der Waals surface area contributed by atoms with E-state index < -0.39 is 0 Å². The van der Waals surface area contributed by atoms with Crippen molar-refractivity contribution in [3.05, 3.63) is 65.2 Å². The summed E-state index contributed by atoms with van der Waals surface area (Å²) in [4.78, 5) is 6.65. The molecule has 1 aliphatic rings. The Morgan fingerprint density at radius 1 is 1.04 bits per heavy atom. The van der Waals surface area contributed by atoms with Gasteiger partial charge in [-0.05, 0) is 35.6 Å². The van der Waals surface area contributed by atoms with Gasteiger partial charge >= 0.3 is 0 Å². The van der Waals surface area contributed by atoms with Gasteiger partial charge in [-0.2, -0.15) is 0 Å². The fourth-order valence-electron chi connectivity index (χ4n) is 3.14. The first-order valence-electron chi connectivity index (χ1n) is 8.57. The number of benzene rings is 2. The summed E-state index contributed by atoms with van der Waals surface area (Å²) in [6.07, 6.45) is 2.41. The first-order valence-corrected chi connectivity index (χ1v) is 8.57. The molecule has 0 aliphatic carbocycles. The largest absolute Gasteiger partial charge is 0.374 e. The Bertz CT molecular complexity index is 700. The molecule has 0 atom stereocenters. The molecule has 0 radical (unpaired) electrons. The van der Waals surface area contributed by atoms with Crippen molar-refractivity contribution in [2.24, 2.45) is 4.99 Å². The van der Waals surface area contributed by atoms with E-state index in [9.17, 15) is 0 Å². The van der Waals surface area contributed by atoms with E-state index in [1.807, 2.05) is 13.1 Å². The number of halogens is 1. The van der Waals surface area contributed by atoms with Crippen LogP contribution in [0.25, 0.3) is 0 Å². The molecule has 0 unspecified atom stereocenters. The number of rotatable bonds is 4. The minimum absolute atomic E-state index is 0. The summed E-state index contributed by atoms with van der Waals surface area (Å²) in [5, 5.41) is 6.76. The van der Waals surface area contributed by atoms with Gasteiger partial charge in [0.05, 0.1) is 0 Å². The van der Waals surface area contributed by atoms with Gasteiger partial charge in [-0.15, -0.1) is 24.0 Å². The quantitative estimate of drug-likeness (QED) is 0.425. The first-order chi connectivity index (χ1) is 11.8. The molecule has 0 bridgehead atoms. The van der Waals surface area contributed by atoms with Crippen LogP contribution in [0.1, 0.15) is 23.1 Å². The highest BCUT2D eigenvalue weighted by Gasteiger charge is 2.13. The number of nitrogens with one attached hydrogen (secondary N) is 2. The molecule has 1 heterocycles. The lowest BCUT2D eigenvalue weighted by Gasteiger charge is -2.28. The first kappa shape index (κ1) is 19.6. The van der Waals surface area contributed by atoms with Crippen LogP contribution in [0, 0.1) is 0 Å². The lowest BCUT2D eigenvalue weighted by atomic mass is 9.99. The average molecular weight is 450 g/mol. The van der Waals surface area contributed by atoms with Crippen molar-refractivity contribution < 1.29 is 0 Å². The smallest absolute Gasteiger partial charge is 0.191 e. The zero-order valence-corrected chi connectivity index (χ0v) is 17.3. The van der Waals surface area contributed by atoms with Crippen LogP contribution in [-0.2, 0) is 19.5 Å². The number of aryl methyl sites for hydroxylation is 1. The Kier molecular flexibility index (Phi) is 7.55. The Balaban J connectivity index is 0.00000225. The monoisotopic (exact) mass is 450 g/mol. The van der Waals surface area contributed by atoms with Gasteiger partial charge in [0, 0.05) is 39.4 Å².